The van der Waals surface area contributed by atoms with Crippen LogP contribution in [0.15, 0.2) is 59.1 Å². The van der Waals surface area contributed by atoms with Crippen LogP contribution in [0.4, 0.5) is 5.69 Å². The van der Waals surface area contributed by atoms with Crippen LogP contribution in [-0.4, -0.2) is 15.7 Å². The van der Waals surface area contributed by atoms with Crippen LogP contribution in [0, 0.1) is 5.41 Å². The van der Waals surface area contributed by atoms with Crippen LogP contribution in [0.1, 0.15) is 61.3 Å². The van der Waals surface area contributed by atoms with Gasteiger partial charge in [0.1, 0.15) is 0 Å². The topological polar surface area (TPSA) is 46.9 Å². The molecule has 3 aromatic rings. The van der Waals surface area contributed by atoms with E-state index in [1.54, 1.807) is 0 Å². The molecule has 2 unspecified atom stereocenters. The molecular weight excluding hydrogens is 426 g/mol. The van der Waals surface area contributed by atoms with Crippen LogP contribution in [-0.2, 0) is 5.41 Å². The van der Waals surface area contributed by atoms with Crippen molar-refractivity contribution in [1.29, 1.82) is 0 Å². The largest absolute Gasteiger partial charge is 0.320 e. The summed E-state index contributed by atoms with van der Waals surface area (Å²) in [4.78, 5) is 13.4. The van der Waals surface area contributed by atoms with Crippen molar-refractivity contribution in [3.8, 4) is 5.69 Å². The molecule has 0 spiro atoms. The first kappa shape index (κ1) is 18.6. The van der Waals surface area contributed by atoms with Crippen molar-refractivity contribution in [3.05, 3.63) is 76.0 Å². The highest BCUT2D eigenvalue weighted by Crippen LogP contribution is 2.68. The third kappa shape index (κ3) is 2.49. The average molecular weight is 450 g/mol. The number of carbonyl (C=O) groups excluding carboxylic acids is 1. The van der Waals surface area contributed by atoms with Gasteiger partial charge in [-0.25, -0.2) is 4.68 Å². The first-order valence-electron chi connectivity index (χ1n) is 10.1. The molecule has 0 saturated heterocycles. The van der Waals surface area contributed by atoms with E-state index in [0.29, 0.717) is 11.6 Å². The Bertz CT molecular complexity index is 1120. The first-order valence-corrected chi connectivity index (χ1v) is 10.9. The number of nitrogens with one attached hydrogen (secondary N) is 1. The fourth-order valence-electron chi connectivity index (χ4n) is 5.39. The van der Waals surface area contributed by atoms with Crippen LogP contribution < -0.4 is 5.32 Å². The minimum Gasteiger partial charge on any atom is -0.320 e. The van der Waals surface area contributed by atoms with Crippen molar-refractivity contribution in [1.82, 2.24) is 9.78 Å². The van der Waals surface area contributed by atoms with Gasteiger partial charge >= 0.3 is 0 Å². The molecule has 0 radical (unpaired) electrons. The maximum absolute atomic E-state index is 13.4. The molecule has 4 nitrogen and oxygen atoms in total. The molecule has 2 aliphatic carbocycles. The second-order valence-electron chi connectivity index (χ2n) is 8.94. The molecule has 2 atom stereocenters. The van der Waals surface area contributed by atoms with E-state index in [-0.39, 0.29) is 16.7 Å². The molecule has 1 fully saturated rings. The number of fused-ring (bicyclic) bond motifs is 5. The Morgan fingerprint density at radius 1 is 1.10 bits per heavy atom. The van der Waals surface area contributed by atoms with Crippen molar-refractivity contribution >= 4 is 27.5 Å². The van der Waals surface area contributed by atoms with Crippen molar-refractivity contribution < 1.29 is 4.79 Å². The summed E-state index contributed by atoms with van der Waals surface area (Å²) in [5.74, 6) is 0.203. The number of amides is 1. The van der Waals surface area contributed by atoms with Gasteiger partial charge in [0, 0.05) is 15.5 Å². The molecule has 1 amide bonds. The van der Waals surface area contributed by atoms with Crippen LogP contribution in [0.3, 0.4) is 0 Å². The molecule has 5 heteroatoms. The van der Waals surface area contributed by atoms with E-state index in [2.05, 4.69) is 54.2 Å². The average Bonchev–Trinajstić information content (AvgIpc) is 3.27. The number of halogens is 1. The number of anilines is 1. The number of carbonyl (C=O) groups is 1. The highest BCUT2D eigenvalue weighted by molar-refractivity contribution is 9.10. The van der Waals surface area contributed by atoms with Gasteiger partial charge in [-0.15, -0.1) is 0 Å². The first-order chi connectivity index (χ1) is 13.8. The number of benzene rings is 2. The van der Waals surface area contributed by atoms with Gasteiger partial charge in [-0.2, -0.15) is 5.10 Å². The molecule has 1 N–H and O–H groups in total. The van der Waals surface area contributed by atoms with Gasteiger partial charge < -0.3 is 5.32 Å². The monoisotopic (exact) mass is 449 g/mol. The standard InChI is InChI=1S/C24H24BrN3O/c1-23(2)16-13-14-24(23,3)21-19(16)20(27-28(21)15-9-5-4-6-10-15)22(29)26-18-12-8-7-11-17(18)25/h4-12,16H,13-14H2,1-3H3,(H,26,29). The molecule has 2 bridgehead atoms. The zero-order chi connectivity index (χ0) is 20.4. The van der Waals surface area contributed by atoms with E-state index in [1.807, 2.05) is 47.1 Å². The predicted molar refractivity (Wildman–Crippen MR) is 119 cm³/mol. The summed E-state index contributed by atoms with van der Waals surface area (Å²) >= 11 is 3.52. The van der Waals surface area contributed by atoms with E-state index in [1.165, 1.54) is 5.69 Å². The summed E-state index contributed by atoms with van der Waals surface area (Å²) in [5.41, 5.74) is 4.77. The van der Waals surface area contributed by atoms with Gasteiger partial charge in [-0.05, 0) is 64.4 Å². The number of hydrogen-bond acceptors (Lipinski definition) is 2. The van der Waals surface area contributed by atoms with Crippen molar-refractivity contribution in [2.24, 2.45) is 5.41 Å². The third-order valence-electron chi connectivity index (χ3n) is 7.36. The molecule has 1 aromatic heterocycles. The van der Waals surface area contributed by atoms with E-state index in [0.717, 1.165) is 34.3 Å². The molecule has 29 heavy (non-hydrogen) atoms. The number of hydrogen-bond donors (Lipinski definition) is 1. The maximum atomic E-state index is 13.4. The Kier molecular flexibility index (Phi) is 4.04. The molecule has 2 aromatic carbocycles. The fourth-order valence-corrected chi connectivity index (χ4v) is 5.77. The van der Waals surface area contributed by atoms with E-state index in [9.17, 15) is 4.79 Å². The Morgan fingerprint density at radius 3 is 2.52 bits per heavy atom. The Labute approximate surface area is 179 Å². The lowest BCUT2D eigenvalue weighted by atomic mass is 9.70. The maximum Gasteiger partial charge on any atom is 0.276 e. The molecule has 1 saturated carbocycles. The van der Waals surface area contributed by atoms with Gasteiger partial charge in [0.05, 0.1) is 17.1 Å². The summed E-state index contributed by atoms with van der Waals surface area (Å²) in [6.45, 7) is 7.03. The fraction of sp³-hybridized carbons (Fsp3) is 0.333. The zero-order valence-electron chi connectivity index (χ0n) is 16.9. The van der Waals surface area contributed by atoms with Crippen LogP contribution in [0.2, 0.25) is 0 Å². The van der Waals surface area contributed by atoms with Gasteiger partial charge in [0.2, 0.25) is 0 Å². The van der Waals surface area contributed by atoms with E-state index >= 15 is 0 Å². The number of rotatable bonds is 3. The van der Waals surface area contributed by atoms with E-state index in [4.69, 9.17) is 5.10 Å². The summed E-state index contributed by atoms with van der Waals surface area (Å²) in [6.07, 6.45) is 2.23. The minimum absolute atomic E-state index is 0.00169. The molecule has 1 heterocycles. The van der Waals surface area contributed by atoms with Gasteiger partial charge in [0.15, 0.2) is 5.69 Å². The molecular formula is C24H24BrN3O. The summed E-state index contributed by atoms with van der Waals surface area (Å²) in [6, 6.07) is 17.8. The lowest BCUT2D eigenvalue weighted by molar-refractivity contribution is 0.101. The molecule has 148 valence electrons. The van der Waals surface area contributed by atoms with Crippen molar-refractivity contribution in [2.75, 3.05) is 5.32 Å². The van der Waals surface area contributed by atoms with Crippen LogP contribution >= 0.6 is 15.9 Å². The highest BCUT2D eigenvalue weighted by Gasteiger charge is 2.63. The Morgan fingerprint density at radius 2 is 1.79 bits per heavy atom. The second-order valence-corrected chi connectivity index (χ2v) is 9.79. The van der Waals surface area contributed by atoms with Crippen molar-refractivity contribution in [2.45, 2.75) is 44.9 Å². The molecule has 5 rings (SSSR count). The SMILES string of the molecule is CC12CCC(c3c(C(=O)Nc4ccccc4Br)nn(-c4ccccc4)c31)C2(C)C. The number of nitrogens with zero attached hydrogens (tertiary/aromatic N) is 2. The smallest absolute Gasteiger partial charge is 0.276 e. The zero-order valence-corrected chi connectivity index (χ0v) is 18.5. The summed E-state index contributed by atoms with van der Waals surface area (Å²) in [5, 5.41) is 7.93. The summed E-state index contributed by atoms with van der Waals surface area (Å²) < 4.78 is 2.88. The Hall–Kier alpha value is -2.40. The van der Waals surface area contributed by atoms with E-state index < -0.39 is 0 Å². The number of para-hydroxylation sites is 2. The number of aromatic nitrogens is 2. The van der Waals surface area contributed by atoms with Gasteiger partial charge in [-0.1, -0.05) is 51.1 Å². The van der Waals surface area contributed by atoms with Gasteiger partial charge in [-0.3, -0.25) is 4.79 Å². The highest BCUT2D eigenvalue weighted by atomic mass is 79.9. The third-order valence-corrected chi connectivity index (χ3v) is 8.05. The van der Waals surface area contributed by atoms with Crippen LogP contribution in [0.25, 0.3) is 5.69 Å². The Balaban J connectivity index is 1.67. The van der Waals surface area contributed by atoms with Crippen molar-refractivity contribution in [3.63, 3.8) is 0 Å². The normalized spacial score (nSPS) is 23.8. The lowest BCUT2D eigenvalue weighted by Gasteiger charge is -2.35. The second kappa shape index (κ2) is 6.30. The summed E-state index contributed by atoms with van der Waals surface area (Å²) in [7, 11) is 0. The predicted octanol–water partition coefficient (Wildman–Crippen LogP) is 6.06. The quantitative estimate of drug-likeness (QED) is 0.527. The van der Waals surface area contributed by atoms with Gasteiger partial charge in [0.25, 0.3) is 5.91 Å². The minimum atomic E-state index is -0.144. The van der Waals surface area contributed by atoms with Crippen LogP contribution in [0.5, 0.6) is 0 Å². The molecule has 2 aliphatic rings. The molecule has 0 aliphatic heterocycles. The lowest BCUT2D eigenvalue weighted by Crippen LogP contribution is -2.33.